The molecule has 1 amide bonds. The summed E-state index contributed by atoms with van der Waals surface area (Å²) in [4.78, 5) is 27.2. The molecule has 29 heavy (non-hydrogen) atoms. The van der Waals surface area contributed by atoms with Crippen LogP contribution in [0, 0.1) is 5.92 Å². The zero-order valence-corrected chi connectivity index (χ0v) is 16.3. The number of benzene rings is 1. The number of hydrogen-bond donors (Lipinski definition) is 2. The first-order valence-corrected chi connectivity index (χ1v) is 10.3. The summed E-state index contributed by atoms with van der Waals surface area (Å²) in [6.07, 6.45) is 5.38. The van der Waals surface area contributed by atoms with E-state index < -0.39 is 0 Å². The molecule has 3 aromatic rings. The van der Waals surface area contributed by atoms with Gasteiger partial charge in [-0.2, -0.15) is 0 Å². The van der Waals surface area contributed by atoms with Gasteiger partial charge in [-0.25, -0.2) is 4.98 Å². The van der Waals surface area contributed by atoms with Crippen LogP contribution in [0.15, 0.2) is 42.7 Å². The zero-order chi connectivity index (χ0) is 19.6. The van der Waals surface area contributed by atoms with Crippen molar-refractivity contribution in [2.45, 2.75) is 18.8 Å². The van der Waals surface area contributed by atoms with E-state index in [-0.39, 0.29) is 17.7 Å². The summed E-state index contributed by atoms with van der Waals surface area (Å²) in [5.74, 6) is 1.37. The molecule has 2 aromatic heterocycles. The molecule has 5 rings (SSSR count). The van der Waals surface area contributed by atoms with Gasteiger partial charge in [0.15, 0.2) is 0 Å². The number of pyridine rings is 1. The maximum absolute atomic E-state index is 12.6. The number of imidazole rings is 1. The third kappa shape index (κ3) is 4.16. The molecule has 2 N–H and O–H groups in total. The lowest BCUT2D eigenvalue weighted by Crippen LogP contribution is -2.37. The number of anilines is 1. The summed E-state index contributed by atoms with van der Waals surface area (Å²) in [6.45, 7) is 4.57. The SMILES string of the molecule is O=C(Nc1ccc2nc(CCN3CCOCC3)[nH]c2c1)C1CC1c1cccnc1. The largest absolute Gasteiger partial charge is 0.379 e. The van der Waals surface area contributed by atoms with Gasteiger partial charge in [0.1, 0.15) is 5.82 Å². The van der Waals surface area contributed by atoms with Crippen LogP contribution < -0.4 is 5.32 Å². The summed E-state index contributed by atoms with van der Waals surface area (Å²) in [5, 5.41) is 3.06. The van der Waals surface area contributed by atoms with Gasteiger partial charge in [-0.1, -0.05) is 6.07 Å². The minimum atomic E-state index is 0.0285. The number of H-pyrrole nitrogens is 1. The number of aromatic amines is 1. The minimum Gasteiger partial charge on any atom is -0.379 e. The third-order valence-electron chi connectivity index (χ3n) is 5.81. The first-order valence-electron chi connectivity index (χ1n) is 10.3. The van der Waals surface area contributed by atoms with Crippen LogP contribution in [0.5, 0.6) is 0 Å². The number of carbonyl (C=O) groups is 1. The van der Waals surface area contributed by atoms with Gasteiger partial charge in [0, 0.05) is 50.1 Å². The number of hydrogen-bond acceptors (Lipinski definition) is 5. The van der Waals surface area contributed by atoms with Crippen LogP contribution in [0.25, 0.3) is 11.0 Å². The average Bonchev–Trinajstić information content (AvgIpc) is 3.47. The van der Waals surface area contributed by atoms with Crippen LogP contribution in [-0.4, -0.2) is 58.6 Å². The number of nitrogens with zero attached hydrogens (tertiary/aromatic N) is 3. The monoisotopic (exact) mass is 391 g/mol. The number of fused-ring (bicyclic) bond motifs is 1. The standard InChI is InChI=1S/C22H25N5O2/c28-22(18-13-17(18)15-2-1-6-23-14-15)24-16-3-4-19-20(12-16)26-21(25-19)5-7-27-8-10-29-11-9-27/h1-4,6,12,14,17-18H,5,7-11,13H2,(H,24,28)(H,25,26). The highest BCUT2D eigenvalue weighted by Gasteiger charge is 2.44. The van der Waals surface area contributed by atoms with Crippen molar-refractivity contribution in [2.75, 3.05) is 38.2 Å². The van der Waals surface area contributed by atoms with Gasteiger partial charge in [-0.15, -0.1) is 0 Å². The molecule has 1 saturated heterocycles. The second-order valence-electron chi connectivity index (χ2n) is 7.84. The Balaban J connectivity index is 1.20. The predicted octanol–water partition coefficient (Wildman–Crippen LogP) is 2.57. The van der Waals surface area contributed by atoms with Crippen molar-refractivity contribution in [3.63, 3.8) is 0 Å². The summed E-state index contributed by atoms with van der Waals surface area (Å²) in [7, 11) is 0. The minimum absolute atomic E-state index is 0.0285. The number of ether oxygens (including phenoxy) is 1. The highest BCUT2D eigenvalue weighted by atomic mass is 16.5. The Hall–Kier alpha value is -2.77. The molecule has 2 unspecified atom stereocenters. The first kappa shape index (κ1) is 18.3. The lowest BCUT2D eigenvalue weighted by molar-refractivity contribution is -0.117. The molecular formula is C22H25N5O2. The van der Waals surface area contributed by atoms with Crippen LogP contribution in [0.3, 0.4) is 0 Å². The van der Waals surface area contributed by atoms with Gasteiger partial charge in [-0.3, -0.25) is 14.7 Å². The Morgan fingerprint density at radius 1 is 1.28 bits per heavy atom. The molecule has 0 radical (unpaired) electrons. The molecule has 3 heterocycles. The fourth-order valence-corrected chi connectivity index (χ4v) is 4.03. The first-order chi connectivity index (χ1) is 14.3. The Morgan fingerprint density at radius 2 is 2.17 bits per heavy atom. The van der Waals surface area contributed by atoms with Crippen LogP contribution >= 0.6 is 0 Å². The Kier molecular flexibility index (Phi) is 4.99. The molecule has 2 aliphatic rings. The second-order valence-corrected chi connectivity index (χ2v) is 7.84. The van der Waals surface area contributed by atoms with E-state index in [2.05, 4.69) is 25.2 Å². The summed E-state index contributed by atoms with van der Waals surface area (Å²) in [6, 6.07) is 9.82. The number of morpholine rings is 1. The molecule has 1 aliphatic carbocycles. The highest BCUT2D eigenvalue weighted by Crippen LogP contribution is 2.47. The normalized spacial score (nSPS) is 21.9. The van der Waals surface area contributed by atoms with E-state index in [4.69, 9.17) is 4.74 Å². The molecule has 0 bridgehead atoms. The van der Waals surface area contributed by atoms with E-state index in [0.29, 0.717) is 0 Å². The molecule has 1 saturated carbocycles. The van der Waals surface area contributed by atoms with Crippen molar-refractivity contribution >= 4 is 22.6 Å². The molecule has 2 fully saturated rings. The van der Waals surface area contributed by atoms with Crippen molar-refractivity contribution in [3.05, 3.63) is 54.1 Å². The average molecular weight is 391 g/mol. The quantitative estimate of drug-likeness (QED) is 0.675. The van der Waals surface area contributed by atoms with Gasteiger partial charge >= 0.3 is 0 Å². The number of carbonyl (C=O) groups excluding carboxylic acids is 1. The van der Waals surface area contributed by atoms with Crippen molar-refractivity contribution in [2.24, 2.45) is 5.92 Å². The lowest BCUT2D eigenvalue weighted by atomic mass is 10.1. The second kappa shape index (κ2) is 7.93. The molecule has 7 heteroatoms. The maximum Gasteiger partial charge on any atom is 0.228 e. The lowest BCUT2D eigenvalue weighted by Gasteiger charge is -2.25. The smallest absolute Gasteiger partial charge is 0.228 e. The topological polar surface area (TPSA) is 83.1 Å². The van der Waals surface area contributed by atoms with Crippen molar-refractivity contribution < 1.29 is 9.53 Å². The molecule has 150 valence electrons. The van der Waals surface area contributed by atoms with E-state index in [9.17, 15) is 4.79 Å². The third-order valence-corrected chi connectivity index (χ3v) is 5.81. The molecule has 0 spiro atoms. The number of amides is 1. The molecular weight excluding hydrogens is 366 g/mol. The van der Waals surface area contributed by atoms with E-state index in [1.165, 1.54) is 0 Å². The molecule has 7 nitrogen and oxygen atoms in total. The van der Waals surface area contributed by atoms with E-state index in [0.717, 1.165) is 73.8 Å². The maximum atomic E-state index is 12.6. The zero-order valence-electron chi connectivity index (χ0n) is 16.3. The van der Waals surface area contributed by atoms with Crippen molar-refractivity contribution in [1.29, 1.82) is 0 Å². The number of aromatic nitrogens is 3. The van der Waals surface area contributed by atoms with E-state index >= 15 is 0 Å². The fraction of sp³-hybridized carbons (Fsp3) is 0.409. The number of rotatable bonds is 6. The van der Waals surface area contributed by atoms with Crippen molar-refractivity contribution in [3.8, 4) is 0 Å². The van der Waals surface area contributed by atoms with Gasteiger partial charge in [0.05, 0.1) is 24.2 Å². The molecule has 1 aliphatic heterocycles. The summed E-state index contributed by atoms with van der Waals surface area (Å²) < 4.78 is 5.39. The fourth-order valence-electron chi connectivity index (χ4n) is 4.03. The van der Waals surface area contributed by atoms with E-state index in [1.807, 2.05) is 36.5 Å². The van der Waals surface area contributed by atoms with Crippen LogP contribution in [-0.2, 0) is 16.0 Å². The highest BCUT2D eigenvalue weighted by molar-refractivity contribution is 5.96. The van der Waals surface area contributed by atoms with Crippen LogP contribution in [0.2, 0.25) is 0 Å². The van der Waals surface area contributed by atoms with Crippen LogP contribution in [0.1, 0.15) is 23.7 Å². The Labute approximate surface area is 169 Å². The summed E-state index contributed by atoms with van der Waals surface area (Å²) in [5.41, 5.74) is 3.84. The molecule has 2 atom stereocenters. The van der Waals surface area contributed by atoms with Crippen molar-refractivity contribution in [1.82, 2.24) is 19.9 Å². The molecule has 1 aromatic carbocycles. The Bertz CT molecular complexity index is 997. The van der Waals surface area contributed by atoms with Gasteiger partial charge in [-0.05, 0) is 42.2 Å². The van der Waals surface area contributed by atoms with Gasteiger partial charge < -0.3 is 15.0 Å². The van der Waals surface area contributed by atoms with E-state index in [1.54, 1.807) is 6.20 Å². The number of nitrogens with one attached hydrogen (secondary N) is 2. The predicted molar refractivity (Wildman–Crippen MR) is 111 cm³/mol. The Morgan fingerprint density at radius 3 is 3.00 bits per heavy atom. The van der Waals surface area contributed by atoms with Gasteiger partial charge in [0.25, 0.3) is 0 Å². The van der Waals surface area contributed by atoms with Gasteiger partial charge in [0.2, 0.25) is 5.91 Å². The van der Waals surface area contributed by atoms with Crippen LogP contribution in [0.4, 0.5) is 5.69 Å². The summed E-state index contributed by atoms with van der Waals surface area (Å²) >= 11 is 0.